The summed E-state index contributed by atoms with van der Waals surface area (Å²) in [5, 5.41) is 5.61. The molecule has 6 heteroatoms. The van der Waals surface area contributed by atoms with Gasteiger partial charge in [-0.05, 0) is 25.0 Å². The molecule has 2 aromatic rings. The van der Waals surface area contributed by atoms with Crippen molar-refractivity contribution in [1.29, 1.82) is 0 Å². The van der Waals surface area contributed by atoms with E-state index < -0.39 is 0 Å². The van der Waals surface area contributed by atoms with Crippen molar-refractivity contribution >= 4 is 11.7 Å². The second-order valence-electron chi connectivity index (χ2n) is 5.16. The van der Waals surface area contributed by atoms with Crippen LogP contribution < -0.4 is 15.4 Å². The van der Waals surface area contributed by atoms with E-state index in [0.717, 1.165) is 29.1 Å². The molecule has 2 N–H and O–H groups in total. The molecule has 122 valence electrons. The van der Waals surface area contributed by atoms with Crippen molar-refractivity contribution in [3.05, 3.63) is 47.5 Å². The van der Waals surface area contributed by atoms with E-state index in [1.807, 2.05) is 25.1 Å². The molecule has 0 radical (unpaired) electrons. The van der Waals surface area contributed by atoms with Gasteiger partial charge in [0.2, 0.25) is 0 Å². The number of aryl methyl sites for hydroxylation is 2. The maximum absolute atomic E-state index is 11.9. The Hall–Kier alpha value is -2.63. The number of anilines is 1. The quantitative estimate of drug-likeness (QED) is 0.859. The average molecular weight is 314 g/mol. The van der Waals surface area contributed by atoms with Crippen LogP contribution in [-0.2, 0) is 12.8 Å². The number of hydrogen-bond donors (Lipinski definition) is 2. The molecular weight excluding hydrogens is 292 g/mol. The number of amides is 2. The van der Waals surface area contributed by atoms with Gasteiger partial charge in [0.1, 0.15) is 5.75 Å². The van der Waals surface area contributed by atoms with Gasteiger partial charge < -0.3 is 15.4 Å². The highest BCUT2D eigenvalue weighted by Gasteiger charge is 2.06. The molecule has 0 bridgehead atoms. The van der Waals surface area contributed by atoms with E-state index in [1.54, 1.807) is 19.5 Å². The van der Waals surface area contributed by atoms with E-state index in [0.29, 0.717) is 18.7 Å². The molecule has 2 amide bonds. The van der Waals surface area contributed by atoms with Crippen molar-refractivity contribution in [2.24, 2.45) is 0 Å². The molecule has 6 nitrogen and oxygen atoms in total. The molecule has 0 aliphatic heterocycles. The molecule has 2 rings (SSSR count). The average Bonchev–Trinajstić information content (AvgIpc) is 2.54. The predicted molar refractivity (Wildman–Crippen MR) is 89.9 cm³/mol. The minimum absolute atomic E-state index is 0.253. The van der Waals surface area contributed by atoms with Gasteiger partial charge in [0.25, 0.3) is 0 Å². The Morgan fingerprint density at radius 1 is 1.30 bits per heavy atom. The van der Waals surface area contributed by atoms with Gasteiger partial charge in [-0.1, -0.05) is 13.0 Å². The van der Waals surface area contributed by atoms with E-state index in [9.17, 15) is 4.79 Å². The van der Waals surface area contributed by atoms with Crippen LogP contribution >= 0.6 is 0 Å². The number of methoxy groups -OCH3 is 1. The number of carbonyl (C=O) groups excluding carboxylic acids is 1. The Morgan fingerprint density at radius 2 is 2.13 bits per heavy atom. The number of rotatable bonds is 6. The summed E-state index contributed by atoms with van der Waals surface area (Å²) in [5.41, 5.74) is 3.54. The van der Waals surface area contributed by atoms with Crippen LogP contribution in [0, 0.1) is 6.92 Å². The summed E-state index contributed by atoms with van der Waals surface area (Å²) in [6.07, 6.45) is 4.94. The zero-order valence-electron chi connectivity index (χ0n) is 13.7. The third-order valence-electron chi connectivity index (χ3n) is 3.40. The normalized spacial score (nSPS) is 10.2. The molecule has 1 aromatic carbocycles. The van der Waals surface area contributed by atoms with Crippen LogP contribution in [0.5, 0.6) is 5.75 Å². The predicted octanol–water partition coefficient (Wildman–Crippen LogP) is 2.72. The second-order valence-corrected chi connectivity index (χ2v) is 5.16. The molecule has 0 saturated carbocycles. The van der Waals surface area contributed by atoms with Gasteiger partial charge in [0.15, 0.2) is 0 Å². The summed E-state index contributed by atoms with van der Waals surface area (Å²) in [4.78, 5) is 20.4. The van der Waals surface area contributed by atoms with Crippen LogP contribution in [0.25, 0.3) is 0 Å². The number of aromatic nitrogens is 2. The molecule has 0 fully saturated rings. The highest BCUT2D eigenvalue weighted by molar-refractivity contribution is 5.89. The number of ether oxygens (including phenoxy) is 1. The van der Waals surface area contributed by atoms with Gasteiger partial charge in [0.05, 0.1) is 18.5 Å². The molecule has 0 aliphatic carbocycles. The van der Waals surface area contributed by atoms with Crippen molar-refractivity contribution in [2.75, 3.05) is 19.0 Å². The monoisotopic (exact) mass is 314 g/mol. The van der Waals surface area contributed by atoms with E-state index in [4.69, 9.17) is 4.74 Å². The summed E-state index contributed by atoms with van der Waals surface area (Å²) in [6.45, 7) is 4.45. The van der Waals surface area contributed by atoms with Gasteiger partial charge in [-0.2, -0.15) is 0 Å². The first-order valence-corrected chi connectivity index (χ1v) is 7.61. The van der Waals surface area contributed by atoms with E-state index >= 15 is 0 Å². The standard InChI is InChI=1S/C17H22N4O2/c1-4-13-5-6-14(9-16(13)23-3)21-17(22)19-8-7-15-11-18-10-12(2)20-15/h5-6,9-11H,4,7-8H2,1-3H3,(H2,19,21,22). The number of carbonyl (C=O) groups is 1. The maximum atomic E-state index is 11.9. The SMILES string of the molecule is CCc1ccc(NC(=O)NCCc2cncc(C)n2)cc1OC. The fourth-order valence-electron chi connectivity index (χ4n) is 2.23. The van der Waals surface area contributed by atoms with E-state index in [-0.39, 0.29) is 6.03 Å². The van der Waals surface area contributed by atoms with Crippen LogP contribution in [0.4, 0.5) is 10.5 Å². The number of nitrogens with one attached hydrogen (secondary N) is 2. The lowest BCUT2D eigenvalue weighted by Gasteiger charge is -2.11. The van der Waals surface area contributed by atoms with Crippen LogP contribution in [0.3, 0.4) is 0 Å². The number of nitrogens with zero attached hydrogens (tertiary/aromatic N) is 2. The zero-order chi connectivity index (χ0) is 16.7. The lowest BCUT2D eigenvalue weighted by atomic mass is 10.1. The van der Waals surface area contributed by atoms with Gasteiger partial charge in [-0.3, -0.25) is 9.97 Å². The third-order valence-corrected chi connectivity index (χ3v) is 3.40. The molecule has 0 aliphatic rings. The summed E-state index contributed by atoms with van der Waals surface area (Å²) in [7, 11) is 1.63. The fourth-order valence-corrected chi connectivity index (χ4v) is 2.23. The molecule has 0 saturated heterocycles. The Morgan fingerprint density at radius 3 is 2.83 bits per heavy atom. The molecule has 0 spiro atoms. The first-order valence-electron chi connectivity index (χ1n) is 7.61. The van der Waals surface area contributed by atoms with E-state index in [2.05, 4.69) is 27.5 Å². The summed E-state index contributed by atoms with van der Waals surface area (Å²) >= 11 is 0. The summed E-state index contributed by atoms with van der Waals surface area (Å²) < 4.78 is 5.32. The molecule has 0 atom stereocenters. The molecular formula is C17H22N4O2. The lowest BCUT2D eigenvalue weighted by molar-refractivity contribution is 0.252. The second kappa shape index (κ2) is 8.12. The van der Waals surface area contributed by atoms with Crippen molar-refractivity contribution in [3.8, 4) is 5.75 Å². The minimum Gasteiger partial charge on any atom is -0.496 e. The minimum atomic E-state index is -0.253. The fraction of sp³-hybridized carbons (Fsp3) is 0.353. The molecule has 1 aromatic heterocycles. The summed E-state index contributed by atoms with van der Waals surface area (Å²) in [5.74, 6) is 0.778. The van der Waals surface area contributed by atoms with Crippen LogP contribution in [0.15, 0.2) is 30.6 Å². The topological polar surface area (TPSA) is 76.1 Å². The smallest absolute Gasteiger partial charge is 0.319 e. The van der Waals surface area contributed by atoms with Crippen molar-refractivity contribution in [1.82, 2.24) is 15.3 Å². The number of benzene rings is 1. The first kappa shape index (κ1) is 16.7. The maximum Gasteiger partial charge on any atom is 0.319 e. The highest BCUT2D eigenvalue weighted by atomic mass is 16.5. The van der Waals surface area contributed by atoms with Gasteiger partial charge in [-0.25, -0.2) is 4.79 Å². The zero-order valence-corrected chi connectivity index (χ0v) is 13.7. The molecule has 0 unspecified atom stereocenters. The Bertz CT molecular complexity index is 673. The number of hydrogen-bond acceptors (Lipinski definition) is 4. The van der Waals surface area contributed by atoms with Crippen LogP contribution in [0.2, 0.25) is 0 Å². The Kier molecular flexibility index (Phi) is 5.91. The van der Waals surface area contributed by atoms with Gasteiger partial charge in [-0.15, -0.1) is 0 Å². The Labute approximate surface area is 136 Å². The van der Waals surface area contributed by atoms with Gasteiger partial charge >= 0.3 is 6.03 Å². The first-order chi connectivity index (χ1) is 11.1. The van der Waals surface area contributed by atoms with Crippen molar-refractivity contribution in [3.63, 3.8) is 0 Å². The third kappa shape index (κ3) is 4.95. The summed E-state index contributed by atoms with van der Waals surface area (Å²) in [6, 6.07) is 5.39. The highest BCUT2D eigenvalue weighted by Crippen LogP contribution is 2.23. The largest absolute Gasteiger partial charge is 0.496 e. The number of urea groups is 1. The van der Waals surface area contributed by atoms with Crippen LogP contribution in [-0.4, -0.2) is 29.7 Å². The van der Waals surface area contributed by atoms with Gasteiger partial charge in [0, 0.05) is 37.1 Å². The molecule has 1 heterocycles. The Balaban J connectivity index is 1.85. The lowest BCUT2D eigenvalue weighted by Crippen LogP contribution is -2.30. The van der Waals surface area contributed by atoms with Crippen molar-refractivity contribution < 1.29 is 9.53 Å². The van der Waals surface area contributed by atoms with Crippen LogP contribution in [0.1, 0.15) is 23.9 Å². The van der Waals surface area contributed by atoms with E-state index in [1.165, 1.54) is 0 Å². The van der Waals surface area contributed by atoms with Crippen molar-refractivity contribution in [2.45, 2.75) is 26.7 Å². The molecule has 23 heavy (non-hydrogen) atoms.